The molecule has 0 unspecified atom stereocenters. The monoisotopic (exact) mass is 380 g/mol. The van der Waals surface area contributed by atoms with Gasteiger partial charge in [-0.05, 0) is 52.1 Å². The molecule has 0 spiro atoms. The molecule has 1 rings (SSSR count). The molecule has 0 bridgehead atoms. The molecule has 1 aromatic rings. The molecule has 0 aliphatic heterocycles. The molecule has 0 aliphatic rings. The van der Waals surface area contributed by atoms with Crippen molar-refractivity contribution in [3.05, 3.63) is 35.7 Å². The Morgan fingerprint density at radius 2 is 2.15 bits per heavy atom. The van der Waals surface area contributed by atoms with Crippen molar-refractivity contribution in [3.63, 3.8) is 0 Å². The summed E-state index contributed by atoms with van der Waals surface area (Å²) in [6.45, 7) is 8.85. The number of nitrogens with zero attached hydrogens (tertiary/aromatic N) is 2. The van der Waals surface area contributed by atoms with Crippen LogP contribution >= 0.6 is 12.2 Å². The Kier molecular flexibility index (Phi) is 10.5. The first kappa shape index (κ1) is 22.1. The van der Waals surface area contributed by atoms with E-state index in [0.29, 0.717) is 29.7 Å². The smallest absolute Gasteiger partial charge is 0.145 e. The third-order valence-electron chi connectivity index (χ3n) is 3.50. The summed E-state index contributed by atoms with van der Waals surface area (Å²) in [6, 6.07) is 4.43. The number of hydrogen-bond donors (Lipinski definition) is 2. The number of halogens is 1. The molecular formula is C19H29FN4OS. The molecule has 5 nitrogen and oxygen atoms in total. The van der Waals surface area contributed by atoms with Crippen LogP contribution in [0.4, 0.5) is 10.1 Å². The minimum Gasteiger partial charge on any atom is -0.491 e. The molecule has 0 aliphatic carbocycles. The number of aliphatic imine (C=N–C) groups is 1. The first-order valence-corrected chi connectivity index (χ1v) is 9.11. The van der Waals surface area contributed by atoms with E-state index in [1.54, 1.807) is 12.4 Å². The predicted octanol–water partition coefficient (Wildman–Crippen LogP) is 3.83. The van der Waals surface area contributed by atoms with E-state index >= 15 is 0 Å². The molecular weight excluding hydrogens is 351 g/mol. The molecule has 0 atom stereocenters. The van der Waals surface area contributed by atoms with Crippen molar-refractivity contribution in [1.82, 2.24) is 10.2 Å². The number of allylic oxidation sites excluding steroid dienone is 1. The number of nitrogens with one attached hydrogen (secondary N) is 2. The van der Waals surface area contributed by atoms with Crippen molar-refractivity contribution < 1.29 is 9.13 Å². The number of benzene rings is 1. The standard InChI is InChI=1S/C19H29FN4OS/c1-5-24(4)9-6-10-25-18-12-16(20)7-8-17(18)22-13-21-14-23-19(26)11-15(2)3/h7-8,11-12,14,22H,5-6,9-10,13H2,1-4H3,(H,21,23,26). The van der Waals surface area contributed by atoms with Crippen LogP contribution in [0.25, 0.3) is 0 Å². The molecule has 1 aromatic carbocycles. The van der Waals surface area contributed by atoms with E-state index in [9.17, 15) is 4.39 Å². The molecule has 0 saturated heterocycles. The van der Waals surface area contributed by atoms with Crippen molar-refractivity contribution in [2.75, 3.05) is 38.7 Å². The molecule has 0 fully saturated rings. The maximum absolute atomic E-state index is 13.5. The van der Waals surface area contributed by atoms with Crippen molar-refractivity contribution in [1.29, 1.82) is 0 Å². The summed E-state index contributed by atoms with van der Waals surface area (Å²) in [5.41, 5.74) is 1.83. The fraction of sp³-hybridized carbons (Fsp3) is 0.474. The van der Waals surface area contributed by atoms with Gasteiger partial charge >= 0.3 is 0 Å². The lowest BCUT2D eigenvalue weighted by Crippen LogP contribution is -2.20. The molecule has 144 valence electrons. The van der Waals surface area contributed by atoms with E-state index in [1.807, 2.05) is 19.9 Å². The highest BCUT2D eigenvalue weighted by atomic mass is 32.1. The van der Waals surface area contributed by atoms with Crippen LogP contribution in [0.1, 0.15) is 27.2 Å². The Morgan fingerprint density at radius 3 is 2.85 bits per heavy atom. The van der Waals surface area contributed by atoms with Crippen LogP contribution in [0.5, 0.6) is 5.75 Å². The van der Waals surface area contributed by atoms with Gasteiger partial charge in [0.1, 0.15) is 23.2 Å². The number of hydrogen-bond acceptors (Lipinski definition) is 5. The number of ether oxygens (including phenoxy) is 1. The maximum Gasteiger partial charge on any atom is 0.145 e. The van der Waals surface area contributed by atoms with Crippen molar-refractivity contribution in [3.8, 4) is 5.75 Å². The summed E-state index contributed by atoms with van der Waals surface area (Å²) in [5, 5.41) is 6.03. The zero-order valence-corrected chi connectivity index (χ0v) is 16.8. The quantitative estimate of drug-likeness (QED) is 0.201. The lowest BCUT2D eigenvalue weighted by Gasteiger charge is -2.15. The van der Waals surface area contributed by atoms with Crippen LogP contribution in [0.3, 0.4) is 0 Å². The Bertz CT molecular complexity index is 630. The second-order valence-electron chi connectivity index (χ2n) is 6.12. The van der Waals surface area contributed by atoms with Gasteiger partial charge in [0.25, 0.3) is 0 Å². The third-order valence-corrected chi connectivity index (χ3v) is 3.74. The second kappa shape index (κ2) is 12.4. The van der Waals surface area contributed by atoms with Gasteiger partial charge in [0.2, 0.25) is 0 Å². The molecule has 7 heteroatoms. The van der Waals surface area contributed by atoms with Gasteiger partial charge in [-0.25, -0.2) is 4.39 Å². The molecule has 0 saturated carbocycles. The van der Waals surface area contributed by atoms with Crippen LogP contribution < -0.4 is 15.4 Å². The summed E-state index contributed by atoms with van der Waals surface area (Å²) < 4.78 is 19.2. The molecule has 2 N–H and O–H groups in total. The maximum atomic E-state index is 13.5. The molecule has 0 heterocycles. The predicted molar refractivity (Wildman–Crippen MR) is 112 cm³/mol. The van der Waals surface area contributed by atoms with Gasteiger partial charge in [-0.3, -0.25) is 4.99 Å². The number of rotatable bonds is 11. The van der Waals surface area contributed by atoms with Crippen molar-refractivity contribution in [2.45, 2.75) is 27.2 Å². The summed E-state index contributed by atoms with van der Waals surface area (Å²) in [7, 11) is 2.06. The molecule has 0 aromatic heterocycles. The lowest BCUT2D eigenvalue weighted by atomic mass is 10.3. The van der Waals surface area contributed by atoms with Crippen LogP contribution in [0.15, 0.2) is 34.8 Å². The second-order valence-corrected chi connectivity index (χ2v) is 6.56. The van der Waals surface area contributed by atoms with Crippen molar-refractivity contribution >= 4 is 29.2 Å². The van der Waals surface area contributed by atoms with E-state index in [0.717, 1.165) is 25.1 Å². The lowest BCUT2D eigenvalue weighted by molar-refractivity contribution is 0.268. The van der Waals surface area contributed by atoms with Crippen LogP contribution in [0.2, 0.25) is 0 Å². The average Bonchev–Trinajstić information content (AvgIpc) is 2.59. The normalized spacial score (nSPS) is 10.8. The van der Waals surface area contributed by atoms with E-state index in [-0.39, 0.29) is 5.82 Å². The molecule has 0 amide bonds. The van der Waals surface area contributed by atoms with E-state index < -0.39 is 0 Å². The Balaban J connectivity index is 2.48. The first-order chi connectivity index (χ1) is 12.4. The summed E-state index contributed by atoms with van der Waals surface area (Å²) in [5.74, 6) is 0.167. The van der Waals surface area contributed by atoms with E-state index in [4.69, 9.17) is 17.0 Å². The van der Waals surface area contributed by atoms with Gasteiger partial charge in [0.15, 0.2) is 0 Å². The van der Waals surface area contributed by atoms with Crippen LogP contribution in [0, 0.1) is 5.82 Å². The van der Waals surface area contributed by atoms with Gasteiger partial charge in [-0.15, -0.1) is 0 Å². The SMILES string of the molecule is CCN(C)CCCOc1cc(F)ccc1NCN=CNC(=S)C=C(C)C. The first-order valence-electron chi connectivity index (χ1n) is 8.70. The van der Waals surface area contributed by atoms with Gasteiger partial charge in [-0.1, -0.05) is 24.7 Å². The topological polar surface area (TPSA) is 48.9 Å². The minimum absolute atomic E-state index is 0.324. The zero-order valence-electron chi connectivity index (χ0n) is 16.0. The van der Waals surface area contributed by atoms with Gasteiger partial charge in [-0.2, -0.15) is 0 Å². The molecule has 0 radical (unpaired) electrons. The number of anilines is 1. The average molecular weight is 381 g/mol. The fourth-order valence-electron chi connectivity index (χ4n) is 2.03. The summed E-state index contributed by atoms with van der Waals surface area (Å²) >= 11 is 5.13. The van der Waals surface area contributed by atoms with Crippen LogP contribution in [-0.4, -0.2) is 49.6 Å². The molecule has 26 heavy (non-hydrogen) atoms. The Labute approximate surface area is 161 Å². The Hall–Kier alpha value is -1.99. The van der Waals surface area contributed by atoms with Gasteiger partial charge < -0.3 is 20.3 Å². The minimum atomic E-state index is -0.325. The number of thiocarbonyl (C=S) groups is 1. The highest BCUT2D eigenvalue weighted by Crippen LogP contribution is 2.25. The van der Waals surface area contributed by atoms with Crippen LogP contribution in [-0.2, 0) is 0 Å². The fourth-order valence-corrected chi connectivity index (χ4v) is 2.31. The zero-order chi connectivity index (χ0) is 19.4. The van der Waals surface area contributed by atoms with Gasteiger partial charge in [0.05, 0.1) is 18.6 Å². The highest BCUT2D eigenvalue weighted by molar-refractivity contribution is 7.80. The van der Waals surface area contributed by atoms with Gasteiger partial charge in [0, 0.05) is 12.6 Å². The Morgan fingerprint density at radius 1 is 1.38 bits per heavy atom. The third kappa shape index (κ3) is 9.48. The largest absolute Gasteiger partial charge is 0.491 e. The van der Waals surface area contributed by atoms with Crippen molar-refractivity contribution in [2.24, 2.45) is 4.99 Å². The summed E-state index contributed by atoms with van der Waals surface area (Å²) in [6.07, 6.45) is 4.28. The van der Waals surface area contributed by atoms with E-state index in [1.165, 1.54) is 12.1 Å². The summed E-state index contributed by atoms with van der Waals surface area (Å²) in [4.78, 5) is 7.00. The highest BCUT2D eigenvalue weighted by Gasteiger charge is 2.05. The van der Waals surface area contributed by atoms with E-state index in [2.05, 4.69) is 34.5 Å².